The van der Waals surface area contributed by atoms with E-state index < -0.39 is 6.23 Å². The lowest BCUT2D eigenvalue weighted by Gasteiger charge is -2.25. The largest absolute Gasteiger partial charge is 0.392 e. The van der Waals surface area contributed by atoms with E-state index in [2.05, 4.69) is 6.92 Å². The van der Waals surface area contributed by atoms with Crippen LogP contribution >= 0.6 is 0 Å². The highest BCUT2D eigenvalue weighted by atomic mass is 16.3. The summed E-state index contributed by atoms with van der Waals surface area (Å²) in [7, 11) is 0. The summed E-state index contributed by atoms with van der Waals surface area (Å²) in [6, 6.07) is 0.366. The summed E-state index contributed by atoms with van der Waals surface area (Å²) < 4.78 is 0. The third-order valence-corrected chi connectivity index (χ3v) is 2.39. The highest BCUT2D eigenvalue weighted by molar-refractivity contribution is 4.84. The zero-order valence-electron chi connectivity index (χ0n) is 7.20. The van der Waals surface area contributed by atoms with Crippen molar-refractivity contribution in [3.05, 3.63) is 0 Å². The Balaban J connectivity index is 2.50. The van der Waals surface area contributed by atoms with Crippen molar-refractivity contribution in [2.75, 3.05) is 6.54 Å². The van der Waals surface area contributed by atoms with E-state index in [0.29, 0.717) is 12.6 Å². The van der Waals surface area contributed by atoms with Gasteiger partial charge >= 0.3 is 0 Å². The fourth-order valence-corrected chi connectivity index (χ4v) is 1.78. The number of hydrogen-bond donors (Lipinski definition) is 2. The zero-order chi connectivity index (χ0) is 8.43. The molecule has 0 spiro atoms. The van der Waals surface area contributed by atoms with Crippen LogP contribution in [-0.4, -0.2) is 40.0 Å². The van der Waals surface area contributed by atoms with Crippen LogP contribution in [0.15, 0.2) is 0 Å². The van der Waals surface area contributed by atoms with Crippen molar-refractivity contribution >= 4 is 0 Å². The molecule has 0 radical (unpaired) electrons. The van der Waals surface area contributed by atoms with E-state index in [4.69, 9.17) is 0 Å². The van der Waals surface area contributed by atoms with Gasteiger partial charge in [0.25, 0.3) is 0 Å². The molecule has 0 amide bonds. The van der Waals surface area contributed by atoms with Gasteiger partial charge in [-0.3, -0.25) is 4.90 Å². The fraction of sp³-hybridized carbons (Fsp3) is 1.00. The van der Waals surface area contributed by atoms with E-state index in [1.54, 1.807) is 6.92 Å². The molecule has 0 aromatic rings. The van der Waals surface area contributed by atoms with Crippen molar-refractivity contribution in [3.8, 4) is 0 Å². The molecular formula is C8H17NO2. The van der Waals surface area contributed by atoms with Crippen LogP contribution in [0.3, 0.4) is 0 Å². The first-order valence-corrected chi connectivity index (χ1v) is 4.27. The van der Waals surface area contributed by atoms with Crippen LogP contribution in [0.2, 0.25) is 0 Å². The molecule has 0 aromatic carbocycles. The van der Waals surface area contributed by atoms with Gasteiger partial charge in [-0.25, -0.2) is 0 Å². The molecular weight excluding hydrogens is 142 g/mol. The molecule has 66 valence electrons. The highest BCUT2D eigenvalue weighted by Gasteiger charge is 2.31. The lowest BCUT2D eigenvalue weighted by atomic mass is 10.1. The Bertz CT molecular complexity index is 127. The Morgan fingerprint density at radius 3 is 2.64 bits per heavy atom. The second-order valence-electron chi connectivity index (χ2n) is 3.28. The standard InChI is InChI=1S/C8H17NO2/c1-3-7-4-8(11)5-9(7)6(2)10/h6-8,10-11H,3-5H2,1-2H3. The van der Waals surface area contributed by atoms with Gasteiger partial charge < -0.3 is 10.2 Å². The number of rotatable bonds is 2. The quantitative estimate of drug-likeness (QED) is 0.603. The average Bonchev–Trinajstić information content (AvgIpc) is 2.30. The lowest BCUT2D eigenvalue weighted by molar-refractivity contribution is 0.00352. The van der Waals surface area contributed by atoms with Crippen molar-refractivity contribution in [2.45, 2.75) is 45.1 Å². The van der Waals surface area contributed by atoms with Gasteiger partial charge in [-0.1, -0.05) is 6.92 Å². The molecule has 0 aliphatic carbocycles. The molecule has 1 heterocycles. The van der Waals surface area contributed by atoms with Gasteiger partial charge in [0, 0.05) is 12.6 Å². The lowest BCUT2D eigenvalue weighted by Crippen LogP contribution is -2.37. The minimum absolute atomic E-state index is 0.241. The third kappa shape index (κ3) is 1.92. The average molecular weight is 159 g/mol. The van der Waals surface area contributed by atoms with Crippen molar-refractivity contribution in [2.24, 2.45) is 0 Å². The first-order chi connectivity index (χ1) is 5.15. The van der Waals surface area contributed by atoms with Crippen molar-refractivity contribution in [1.82, 2.24) is 4.90 Å². The van der Waals surface area contributed by atoms with Crippen LogP contribution in [0.4, 0.5) is 0 Å². The van der Waals surface area contributed by atoms with E-state index in [9.17, 15) is 10.2 Å². The predicted octanol–water partition coefficient (Wildman–Crippen LogP) is 0.170. The Morgan fingerprint density at radius 1 is 1.64 bits per heavy atom. The van der Waals surface area contributed by atoms with Gasteiger partial charge in [0.05, 0.1) is 6.10 Å². The molecule has 1 rings (SSSR count). The maximum Gasteiger partial charge on any atom is 0.104 e. The van der Waals surface area contributed by atoms with Gasteiger partial charge in [0.2, 0.25) is 0 Å². The molecule has 1 aliphatic rings. The summed E-state index contributed by atoms with van der Waals surface area (Å²) >= 11 is 0. The summed E-state index contributed by atoms with van der Waals surface area (Å²) in [6.45, 7) is 4.45. The second-order valence-corrected chi connectivity index (χ2v) is 3.28. The van der Waals surface area contributed by atoms with Gasteiger partial charge in [-0.2, -0.15) is 0 Å². The number of β-amino-alcohol motifs (C(OH)–C–C–N with tert-alkyl or cyclic N) is 1. The second kappa shape index (κ2) is 3.52. The maximum atomic E-state index is 9.30. The summed E-state index contributed by atoms with van der Waals surface area (Å²) in [5, 5.41) is 18.6. The van der Waals surface area contributed by atoms with Crippen molar-refractivity contribution in [3.63, 3.8) is 0 Å². The molecule has 2 N–H and O–H groups in total. The zero-order valence-corrected chi connectivity index (χ0v) is 7.20. The summed E-state index contributed by atoms with van der Waals surface area (Å²) in [6.07, 6.45) is 1.15. The number of likely N-dealkylation sites (tertiary alicyclic amines) is 1. The first kappa shape index (κ1) is 8.97. The number of hydrogen-bond acceptors (Lipinski definition) is 3. The fourth-order valence-electron chi connectivity index (χ4n) is 1.78. The summed E-state index contributed by atoms with van der Waals surface area (Å²) in [4.78, 5) is 1.95. The third-order valence-electron chi connectivity index (χ3n) is 2.39. The topological polar surface area (TPSA) is 43.7 Å². The van der Waals surface area contributed by atoms with E-state index >= 15 is 0 Å². The van der Waals surface area contributed by atoms with Crippen LogP contribution in [0.25, 0.3) is 0 Å². The SMILES string of the molecule is CCC1CC(O)CN1C(C)O. The summed E-state index contributed by atoms with van der Waals surface area (Å²) in [5.41, 5.74) is 0. The van der Waals surface area contributed by atoms with Crippen LogP contribution in [0, 0.1) is 0 Å². The Labute approximate surface area is 67.6 Å². The maximum absolute atomic E-state index is 9.30. The highest BCUT2D eigenvalue weighted by Crippen LogP contribution is 2.21. The van der Waals surface area contributed by atoms with E-state index in [1.807, 2.05) is 4.90 Å². The molecule has 1 fully saturated rings. The van der Waals surface area contributed by atoms with Gasteiger partial charge in [-0.15, -0.1) is 0 Å². The minimum atomic E-state index is -0.419. The van der Waals surface area contributed by atoms with Crippen molar-refractivity contribution in [1.29, 1.82) is 0 Å². The Hall–Kier alpha value is -0.120. The molecule has 0 bridgehead atoms. The van der Waals surface area contributed by atoms with E-state index in [-0.39, 0.29) is 6.10 Å². The molecule has 0 aromatic heterocycles. The smallest absolute Gasteiger partial charge is 0.104 e. The van der Waals surface area contributed by atoms with Crippen LogP contribution in [0.1, 0.15) is 26.7 Å². The molecule has 3 unspecified atom stereocenters. The molecule has 3 atom stereocenters. The minimum Gasteiger partial charge on any atom is -0.392 e. The van der Waals surface area contributed by atoms with E-state index in [1.165, 1.54) is 0 Å². The van der Waals surface area contributed by atoms with Gasteiger partial charge in [0.15, 0.2) is 0 Å². The normalized spacial score (nSPS) is 36.0. The molecule has 11 heavy (non-hydrogen) atoms. The van der Waals surface area contributed by atoms with E-state index in [0.717, 1.165) is 12.8 Å². The van der Waals surface area contributed by atoms with Gasteiger partial charge in [0.1, 0.15) is 6.23 Å². The number of aliphatic hydroxyl groups is 2. The monoisotopic (exact) mass is 159 g/mol. The molecule has 3 nitrogen and oxygen atoms in total. The molecule has 1 aliphatic heterocycles. The van der Waals surface area contributed by atoms with Crippen LogP contribution in [0.5, 0.6) is 0 Å². The molecule has 0 saturated carbocycles. The molecule has 1 saturated heterocycles. The van der Waals surface area contributed by atoms with Crippen LogP contribution in [-0.2, 0) is 0 Å². The molecule has 3 heteroatoms. The number of aliphatic hydroxyl groups excluding tert-OH is 2. The predicted molar refractivity (Wildman–Crippen MR) is 43.1 cm³/mol. The Morgan fingerprint density at radius 2 is 2.27 bits per heavy atom. The summed E-state index contributed by atoms with van der Waals surface area (Å²) in [5.74, 6) is 0. The van der Waals surface area contributed by atoms with Crippen LogP contribution < -0.4 is 0 Å². The first-order valence-electron chi connectivity index (χ1n) is 4.27. The Kier molecular flexibility index (Phi) is 2.87. The number of nitrogens with zero attached hydrogens (tertiary/aromatic N) is 1. The van der Waals surface area contributed by atoms with Crippen molar-refractivity contribution < 1.29 is 10.2 Å². The van der Waals surface area contributed by atoms with Gasteiger partial charge in [-0.05, 0) is 19.8 Å².